The van der Waals surface area contributed by atoms with Gasteiger partial charge in [0.05, 0.1) is 11.4 Å². The van der Waals surface area contributed by atoms with Crippen LogP contribution in [0.2, 0.25) is 0 Å². The first kappa shape index (κ1) is 12.7. The molecule has 0 N–H and O–H groups in total. The van der Waals surface area contributed by atoms with Gasteiger partial charge in [-0.3, -0.25) is 4.68 Å². The summed E-state index contributed by atoms with van der Waals surface area (Å²) in [6.45, 7) is 11.1. The Morgan fingerprint density at radius 3 is 2.31 bits per heavy atom. The molecule has 4 heteroatoms. The molecule has 0 saturated heterocycles. The van der Waals surface area contributed by atoms with Gasteiger partial charge in [0.1, 0.15) is 5.69 Å². The molecule has 0 radical (unpaired) electrons. The molecule has 1 aromatic heterocycles. The van der Waals surface area contributed by atoms with Crippen LogP contribution in [0.5, 0.6) is 0 Å². The number of isocyanates is 1. The van der Waals surface area contributed by atoms with E-state index in [1.54, 1.807) is 6.08 Å². The molecular formula is C12H19N3O. The number of hydrogen-bond acceptors (Lipinski definition) is 3. The molecule has 0 aliphatic carbocycles. The highest BCUT2D eigenvalue weighted by atomic mass is 16.1. The van der Waals surface area contributed by atoms with Crippen LogP contribution in [0.25, 0.3) is 0 Å². The molecule has 4 nitrogen and oxygen atoms in total. The topological polar surface area (TPSA) is 47.2 Å². The van der Waals surface area contributed by atoms with Crippen LogP contribution in [0.3, 0.4) is 0 Å². The van der Waals surface area contributed by atoms with E-state index in [4.69, 9.17) is 0 Å². The number of aryl methyl sites for hydroxylation is 1. The fraction of sp³-hybridized carbons (Fsp3) is 0.667. The van der Waals surface area contributed by atoms with Crippen molar-refractivity contribution >= 4 is 11.8 Å². The summed E-state index contributed by atoms with van der Waals surface area (Å²) in [4.78, 5) is 14.3. The van der Waals surface area contributed by atoms with Crippen LogP contribution in [0.4, 0.5) is 5.69 Å². The van der Waals surface area contributed by atoms with E-state index >= 15 is 0 Å². The summed E-state index contributed by atoms with van der Waals surface area (Å²) in [5.74, 6) is 0.560. The van der Waals surface area contributed by atoms with Crippen molar-refractivity contribution in [1.82, 2.24) is 9.78 Å². The van der Waals surface area contributed by atoms with Crippen LogP contribution in [-0.4, -0.2) is 15.9 Å². The minimum absolute atomic E-state index is 0.261. The molecule has 16 heavy (non-hydrogen) atoms. The molecule has 0 bridgehead atoms. The van der Waals surface area contributed by atoms with Gasteiger partial charge in [0.2, 0.25) is 6.08 Å². The first-order valence-corrected chi connectivity index (χ1v) is 5.71. The standard InChI is InChI=1S/C12H19N3O/c1-6-15-12(9(4)5)11(13-7-16)10(14-15)8(2)3/h8-9H,6H2,1-5H3. The van der Waals surface area contributed by atoms with Crippen LogP contribution in [0, 0.1) is 0 Å². The van der Waals surface area contributed by atoms with Crippen LogP contribution >= 0.6 is 0 Å². The third-order valence-corrected chi connectivity index (χ3v) is 2.54. The average Bonchev–Trinajstić information content (AvgIpc) is 2.57. The molecule has 0 aliphatic rings. The van der Waals surface area contributed by atoms with Gasteiger partial charge in [-0.15, -0.1) is 0 Å². The van der Waals surface area contributed by atoms with Crippen molar-refractivity contribution in [1.29, 1.82) is 0 Å². The molecule has 0 fully saturated rings. The summed E-state index contributed by atoms with van der Waals surface area (Å²) >= 11 is 0. The number of aromatic nitrogens is 2. The Bertz CT molecular complexity index is 412. The highest BCUT2D eigenvalue weighted by Gasteiger charge is 2.21. The lowest BCUT2D eigenvalue weighted by Crippen LogP contribution is -2.04. The van der Waals surface area contributed by atoms with Crippen molar-refractivity contribution in [3.63, 3.8) is 0 Å². The van der Waals surface area contributed by atoms with Crippen molar-refractivity contribution in [3.8, 4) is 0 Å². The molecule has 0 atom stereocenters. The third-order valence-electron chi connectivity index (χ3n) is 2.54. The van der Waals surface area contributed by atoms with Crippen molar-refractivity contribution in [2.75, 3.05) is 0 Å². The Morgan fingerprint density at radius 2 is 1.94 bits per heavy atom. The highest BCUT2D eigenvalue weighted by Crippen LogP contribution is 2.34. The summed E-state index contributed by atoms with van der Waals surface area (Å²) in [6, 6.07) is 0. The van der Waals surface area contributed by atoms with Crippen molar-refractivity contribution < 1.29 is 4.79 Å². The monoisotopic (exact) mass is 221 g/mol. The Balaban J connectivity index is 3.47. The van der Waals surface area contributed by atoms with Crippen LogP contribution in [0.15, 0.2) is 4.99 Å². The fourth-order valence-electron chi connectivity index (χ4n) is 1.85. The zero-order valence-corrected chi connectivity index (χ0v) is 10.6. The molecule has 1 aromatic rings. The lowest BCUT2D eigenvalue weighted by molar-refractivity contribution is 0.565. The fourth-order valence-corrected chi connectivity index (χ4v) is 1.85. The van der Waals surface area contributed by atoms with E-state index in [9.17, 15) is 4.79 Å². The van der Waals surface area contributed by atoms with Gasteiger partial charge in [-0.1, -0.05) is 27.7 Å². The maximum absolute atomic E-state index is 10.5. The quantitative estimate of drug-likeness (QED) is 0.579. The van der Waals surface area contributed by atoms with Crippen LogP contribution in [-0.2, 0) is 11.3 Å². The summed E-state index contributed by atoms with van der Waals surface area (Å²) in [5.41, 5.74) is 2.62. The number of rotatable bonds is 4. The van der Waals surface area contributed by atoms with Crippen molar-refractivity contribution in [2.45, 2.75) is 53.0 Å². The molecule has 88 valence electrons. The van der Waals surface area contributed by atoms with Gasteiger partial charge in [-0.05, 0) is 18.8 Å². The molecule has 0 aromatic carbocycles. The zero-order valence-electron chi connectivity index (χ0n) is 10.6. The van der Waals surface area contributed by atoms with Gasteiger partial charge >= 0.3 is 0 Å². The van der Waals surface area contributed by atoms with Gasteiger partial charge in [-0.25, -0.2) is 4.79 Å². The number of hydrogen-bond donors (Lipinski definition) is 0. The summed E-state index contributed by atoms with van der Waals surface area (Å²) in [6.07, 6.45) is 1.63. The SMILES string of the molecule is CCn1nc(C(C)C)c(N=C=O)c1C(C)C. The Morgan fingerprint density at radius 1 is 1.31 bits per heavy atom. The lowest BCUT2D eigenvalue weighted by Gasteiger charge is -2.08. The molecule has 0 amide bonds. The predicted molar refractivity (Wildman–Crippen MR) is 63.9 cm³/mol. The smallest absolute Gasteiger partial charge is 0.240 e. The van der Waals surface area contributed by atoms with Crippen molar-refractivity contribution in [3.05, 3.63) is 11.4 Å². The van der Waals surface area contributed by atoms with E-state index in [-0.39, 0.29) is 5.92 Å². The molecule has 1 heterocycles. The van der Waals surface area contributed by atoms with E-state index in [0.29, 0.717) is 11.6 Å². The molecule has 1 rings (SSSR count). The second-order valence-corrected chi connectivity index (χ2v) is 4.45. The maximum Gasteiger partial charge on any atom is 0.240 e. The molecule has 0 saturated carbocycles. The predicted octanol–water partition coefficient (Wildman–Crippen LogP) is 3.12. The molecule has 0 unspecified atom stereocenters. The second kappa shape index (κ2) is 5.08. The van der Waals surface area contributed by atoms with E-state index in [1.807, 2.05) is 11.6 Å². The minimum Gasteiger partial charge on any atom is -0.267 e. The van der Waals surface area contributed by atoms with Gasteiger partial charge in [0.15, 0.2) is 0 Å². The summed E-state index contributed by atoms with van der Waals surface area (Å²) in [7, 11) is 0. The highest BCUT2D eigenvalue weighted by molar-refractivity contribution is 5.57. The number of nitrogens with zero attached hydrogens (tertiary/aromatic N) is 3. The van der Waals surface area contributed by atoms with E-state index in [1.165, 1.54) is 0 Å². The van der Waals surface area contributed by atoms with E-state index < -0.39 is 0 Å². The molecule has 0 spiro atoms. The van der Waals surface area contributed by atoms with Gasteiger partial charge in [0, 0.05) is 6.54 Å². The maximum atomic E-state index is 10.5. The second-order valence-electron chi connectivity index (χ2n) is 4.45. The Hall–Kier alpha value is -1.41. The minimum atomic E-state index is 0.261. The van der Waals surface area contributed by atoms with Crippen LogP contribution < -0.4 is 0 Å². The molecule has 0 aliphatic heterocycles. The Labute approximate surface area is 96.4 Å². The van der Waals surface area contributed by atoms with Gasteiger partial charge in [0.25, 0.3) is 0 Å². The number of carbonyl (C=O) groups excluding carboxylic acids is 1. The lowest BCUT2D eigenvalue weighted by atomic mass is 10.0. The normalized spacial score (nSPS) is 10.9. The van der Waals surface area contributed by atoms with Crippen molar-refractivity contribution in [2.24, 2.45) is 4.99 Å². The zero-order chi connectivity index (χ0) is 12.3. The van der Waals surface area contributed by atoms with Gasteiger partial charge in [-0.2, -0.15) is 10.1 Å². The Kier molecular flexibility index (Phi) is 4.02. The summed E-state index contributed by atoms with van der Waals surface area (Å²) < 4.78 is 1.93. The molecular weight excluding hydrogens is 202 g/mol. The average molecular weight is 221 g/mol. The van der Waals surface area contributed by atoms with Gasteiger partial charge < -0.3 is 0 Å². The number of aliphatic imine (C=N–C) groups is 1. The van der Waals surface area contributed by atoms with E-state index in [2.05, 4.69) is 37.8 Å². The largest absolute Gasteiger partial charge is 0.267 e. The first-order valence-electron chi connectivity index (χ1n) is 5.71. The van der Waals surface area contributed by atoms with E-state index in [0.717, 1.165) is 17.9 Å². The first-order chi connectivity index (χ1) is 7.52. The van der Waals surface area contributed by atoms with Crippen LogP contribution in [0.1, 0.15) is 57.8 Å². The summed E-state index contributed by atoms with van der Waals surface area (Å²) in [5, 5.41) is 4.51. The third kappa shape index (κ3) is 2.22.